The number of hydrogen-bond donors (Lipinski definition) is 1. The third kappa shape index (κ3) is 6.03. The van der Waals surface area contributed by atoms with E-state index in [1.807, 2.05) is 0 Å². The molecule has 0 radical (unpaired) electrons. The van der Waals surface area contributed by atoms with Gasteiger partial charge < -0.3 is 22.3 Å². The van der Waals surface area contributed by atoms with Crippen LogP contribution in [-0.4, -0.2) is 66.3 Å². The van der Waals surface area contributed by atoms with Gasteiger partial charge in [0.2, 0.25) is 0 Å². The van der Waals surface area contributed by atoms with E-state index in [0.717, 1.165) is 37.7 Å². The van der Waals surface area contributed by atoms with Gasteiger partial charge in [0, 0.05) is 37.6 Å². The van der Waals surface area contributed by atoms with Gasteiger partial charge in [-0.1, -0.05) is 43.7 Å². The number of nitrogens with one attached hydrogen (secondary N) is 1. The highest BCUT2D eigenvalue weighted by molar-refractivity contribution is 8.09. The molecule has 5 rings (SSSR count). The first-order chi connectivity index (χ1) is 14.8. The minimum Gasteiger partial charge on any atom is -0.372 e. The Kier molecular flexibility index (Phi) is 7.70. The summed E-state index contributed by atoms with van der Waals surface area (Å²) in [5.41, 5.74) is 2.23. The molecule has 4 saturated heterocycles. The summed E-state index contributed by atoms with van der Waals surface area (Å²) in [5, 5.41) is 3.41. The van der Waals surface area contributed by atoms with Crippen molar-refractivity contribution < 1.29 is 22.3 Å². The molecule has 0 aliphatic carbocycles. The standard InChI is InChI=1S/C21H35N2O5PSSi/c1-18-5-7-19(8-6-18)20-21(2,3)17-24-29(30,28-20)22-9-4-16-31-25-13-10-23(11-14-26-31)12-15-27-31/h5-8,20H,4,9-17H2,1-3H3,(H,22,30). The van der Waals surface area contributed by atoms with Crippen LogP contribution in [0.3, 0.4) is 0 Å². The van der Waals surface area contributed by atoms with E-state index in [1.54, 1.807) is 0 Å². The maximum absolute atomic E-state index is 6.43. The molecule has 31 heavy (non-hydrogen) atoms. The molecule has 2 bridgehead atoms. The molecule has 4 fully saturated rings. The van der Waals surface area contributed by atoms with Crippen LogP contribution in [0.5, 0.6) is 0 Å². The first-order valence-corrected chi connectivity index (χ1v) is 15.8. The van der Waals surface area contributed by atoms with E-state index in [1.165, 1.54) is 5.56 Å². The summed E-state index contributed by atoms with van der Waals surface area (Å²) in [7, 11) is -2.60. The van der Waals surface area contributed by atoms with Gasteiger partial charge in [0.1, 0.15) is 0 Å². The number of rotatable bonds is 6. The van der Waals surface area contributed by atoms with E-state index >= 15 is 0 Å². The van der Waals surface area contributed by atoms with Gasteiger partial charge in [-0.15, -0.1) is 0 Å². The van der Waals surface area contributed by atoms with Crippen molar-refractivity contribution in [2.75, 3.05) is 52.6 Å². The molecule has 4 aliphatic heterocycles. The summed E-state index contributed by atoms with van der Waals surface area (Å²) in [6.07, 6.45) is 0.752. The molecular weight excluding hydrogens is 451 g/mol. The fourth-order valence-corrected chi connectivity index (χ4v) is 9.20. The largest absolute Gasteiger partial charge is 0.501 e. The molecule has 7 nitrogen and oxygen atoms in total. The lowest BCUT2D eigenvalue weighted by atomic mass is 9.83. The third-order valence-corrected chi connectivity index (χ3v) is 11.5. The van der Waals surface area contributed by atoms with Crippen molar-refractivity contribution in [3.8, 4) is 0 Å². The van der Waals surface area contributed by atoms with Crippen molar-refractivity contribution in [2.24, 2.45) is 5.41 Å². The first kappa shape index (κ1) is 23.9. The molecule has 2 unspecified atom stereocenters. The van der Waals surface area contributed by atoms with Crippen LogP contribution in [0.1, 0.15) is 37.5 Å². The fourth-order valence-electron chi connectivity index (χ4n) is 4.16. The van der Waals surface area contributed by atoms with Gasteiger partial charge in [-0.25, -0.2) is 5.09 Å². The average Bonchev–Trinajstić information content (AvgIpc) is 2.69. The Labute approximate surface area is 192 Å². The van der Waals surface area contributed by atoms with Crippen LogP contribution in [0.2, 0.25) is 6.04 Å². The predicted octanol–water partition coefficient (Wildman–Crippen LogP) is 3.63. The average molecular weight is 487 g/mol. The Bertz CT molecular complexity index is 770. The van der Waals surface area contributed by atoms with Crippen molar-refractivity contribution in [1.82, 2.24) is 9.99 Å². The van der Waals surface area contributed by atoms with Crippen molar-refractivity contribution in [3.05, 3.63) is 35.4 Å². The Hall–Kier alpha value is -0.193. The van der Waals surface area contributed by atoms with Gasteiger partial charge in [-0.2, -0.15) is 0 Å². The highest BCUT2D eigenvalue weighted by atomic mass is 32.5. The number of hydrogen-bond acceptors (Lipinski definition) is 7. The Balaban J connectivity index is 1.33. The summed E-state index contributed by atoms with van der Waals surface area (Å²) in [5.74, 6) is 0. The molecule has 4 aliphatic rings. The fraction of sp³-hybridized carbons (Fsp3) is 0.714. The van der Waals surface area contributed by atoms with Crippen LogP contribution in [-0.2, 0) is 34.1 Å². The Morgan fingerprint density at radius 2 is 1.71 bits per heavy atom. The van der Waals surface area contributed by atoms with Crippen LogP contribution in [0.4, 0.5) is 0 Å². The van der Waals surface area contributed by atoms with Gasteiger partial charge in [-0.05, 0) is 30.7 Å². The second-order valence-corrected chi connectivity index (χ2v) is 15.2. The summed E-state index contributed by atoms with van der Waals surface area (Å²) in [4.78, 5) is 2.33. The van der Waals surface area contributed by atoms with Crippen molar-refractivity contribution >= 4 is 27.3 Å². The van der Waals surface area contributed by atoms with E-state index in [-0.39, 0.29) is 11.5 Å². The smallest absolute Gasteiger partial charge is 0.372 e. The highest BCUT2D eigenvalue weighted by Gasteiger charge is 2.45. The number of aryl methyl sites for hydroxylation is 1. The normalized spacial score (nSPS) is 35.8. The molecule has 0 aromatic heterocycles. The molecule has 0 amide bonds. The molecule has 0 spiro atoms. The molecule has 2 atom stereocenters. The summed E-state index contributed by atoms with van der Waals surface area (Å²) < 4.78 is 30.8. The molecular formula is C21H35N2O5PSSi. The molecule has 1 aromatic rings. The third-order valence-electron chi connectivity index (χ3n) is 6.09. The molecule has 0 saturated carbocycles. The van der Waals surface area contributed by atoms with Crippen LogP contribution in [0, 0.1) is 12.3 Å². The van der Waals surface area contributed by atoms with Gasteiger partial charge >= 0.3 is 8.80 Å². The van der Waals surface area contributed by atoms with Crippen LogP contribution >= 0.6 is 6.64 Å². The van der Waals surface area contributed by atoms with E-state index in [2.05, 4.69) is 55.0 Å². The summed E-state index contributed by atoms with van der Waals surface area (Å²) in [6.45, 7) is 10.0. The van der Waals surface area contributed by atoms with Crippen molar-refractivity contribution in [3.63, 3.8) is 0 Å². The lowest BCUT2D eigenvalue weighted by molar-refractivity contribution is -0.0154. The summed E-state index contributed by atoms with van der Waals surface area (Å²) in [6, 6.07) is 9.28. The zero-order valence-corrected chi connectivity index (χ0v) is 21.5. The van der Waals surface area contributed by atoms with Gasteiger partial charge in [0.05, 0.1) is 32.5 Å². The second-order valence-electron chi connectivity index (χ2n) is 9.24. The van der Waals surface area contributed by atoms with E-state index in [4.69, 9.17) is 34.1 Å². The second kappa shape index (κ2) is 9.97. The lowest BCUT2D eigenvalue weighted by Gasteiger charge is -2.43. The van der Waals surface area contributed by atoms with Crippen LogP contribution in [0.15, 0.2) is 24.3 Å². The maximum atomic E-state index is 6.43. The molecule has 4 heterocycles. The minimum absolute atomic E-state index is 0.0951. The first-order valence-electron chi connectivity index (χ1n) is 11.2. The van der Waals surface area contributed by atoms with E-state index < -0.39 is 15.4 Å². The quantitative estimate of drug-likeness (QED) is 0.372. The predicted molar refractivity (Wildman–Crippen MR) is 126 cm³/mol. The number of nitrogens with zero attached hydrogens (tertiary/aromatic N) is 1. The number of benzene rings is 1. The topological polar surface area (TPSA) is 61.4 Å². The molecule has 1 aromatic carbocycles. The number of fused-ring (bicyclic) bond motifs is 6. The van der Waals surface area contributed by atoms with Gasteiger partial charge in [0.25, 0.3) is 6.64 Å². The maximum Gasteiger partial charge on any atom is 0.501 e. The minimum atomic E-state index is -2.60. The van der Waals surface area contributed by atoms with Crippen LogP contribution in [0.25, 0.3) is 0 Å². The zero-order valence-electron chi connectivity index (χ0n) is 18.8. The molecule has 10 heteroatoms. The SMILES string of the molecule is Cc1ccc(C2OP(=S)(NCCC[Si]34OCCN(CCO3)CCO4)OCC2(C)C)cc1. The lowest BCUT2D eigenvalue weighted by Crippen LogP contribution is -2.55. The monoisotopic (exact) mass is 486 g/mol. The van der Waals surface area contributed by atoms with Crippen molar-refractivity contribution in [1.29, 1.82) is 0 Å². The molecule has 174 valence electrons. The van der Waals surface area contributed by atoms with Crippen molar-refractivity contribution in [2.45, 2.75) is 39.3 Å². The Morgan fingerprint density at radius 1 is 1.10 bits per heavy atom. The Morgan fingerprint density at radius 3 is 2.32 bits per heavy atom. The van der Waals surface area contributed by atoms with Gasteiger partial charge in [0.15, 0.2) is 0 Å². The van der Waals surface area contributed by atoms with Gasteiger partial charge in [-0.3, -0.25) is 4.90 Å². The van der Waals surface area contributed by atoms with Crippen LogP contribution < -0.4 is 5.09 Å². The zero-order chi connectivity index (χ0) is 22.0. The highest BCUT2D eigenvalue weighted by Crippen LogP contribution is 2.58. The summed E-state index contributed by atoms with van der Waals surface area (Å²) >= 11 is 5.82. The van der Waals surface area contributed by atoms with E-state index in [0.29, 0.717) is 33.0 Å². The molecule has 1 N–H and O–H groups in total. The van der Waals surface area contributed by atoms with E-state index in [9.17, 15) is 0 Å².